The van der Waals surface area contributed by atoms with E-state index in [1.165, 1.54) is 12.1 Å². The fourth-order valence-corrected chi connectivity index (χ4v) is 2.10. The number of benzene rings is 1. The molecule has 0 N–H and O–H groups in total. The molecular formula is C13H12F3N5O3. The number of aromatic nitrogens is 4. The third-order valence-electron chi connectivity index (χ3n) is 3.20. The first-order valence-electron chi connectivity index (χ1n) is 6.95. The van der Waals surface area contributed by atoms with Crippen molar-refractivity contribution < 1.29 is 27.4 Å². The topological polar surface area (TPSA) is 82.4 Å². The summed E-state index contributed by atoms with van der Waals surface area (Å²) in [6, 6.07) is 4.89. The number of halogens is 3. The Kier molecular flexibility index (Phi) is 4.34. The zero-order chi connectivity index (χ0) is 17.2. The van der Waals surface area contributed by atoms with Gasteiger partial charge in [0.1, 0.15) is 5.75 Å². The molecule has 1 fully saturated rings. The number of hydrogen-bond acceptors (Lipinski definition) is 6. The van der Waals surface area contributed by atoms with Gasteiger partial charge >= 0.3 is 6.36 Å². The van der Waals surface area contributed by atoms with Crippen LogP contribution in [0.1, 0.15) is 10.6 Å². The van der Waals surface area contributed by atoms with Crippen molar-refractivity contribution in [2.45, 2.75) is 6.36 Å². The first-order valence-corrected chi connectivity index (χ1v) is 6.95. The minimum absolute atomic E-state index is 0.0903. The van der Waals surface area contributed by atoms with Gasteiger partial charge in [0.05, 0.1) is 18.9 Å². The van der Waals surface area contributed by atoms with Crippen molar-refractivity contribution in [3.8, 4) is 11.4 Å². The Morgan fingerprint density at radius 2 is 1.83 bits per heavy atom. The van der Waals surface area contributed by atoms with Crippen LogP contribution in [0, 0.1) is 0 Å². The summed E-state index contributed by atoms with van der Waals surface area (Å²) in [4.78, 5) is 14.8. The Labute approximate surface area is 133 Å². The van der Waals surface area contributed by atoms with Gasteiger partial charge in [-0.1, -0.05) is 0 Å². The monoisotopic (exact) mass is 343 g/mol. The number of amides is 1. The standard InChI is InChI=1S/C13H12F3N5O3/c14-13(15,16)24-10-3-1-9(2-4-10)21-18-11(17-19-21)12(22)20-5-7-23-8-6-20/h1-4H,5-8H2. The number of ether oxygens (including phenoxy) is 2. The molecule has 0 spiro atoms. The maximum absolute atomic E-state index is 12.2. The number of hydrogen-bond donors (Lipinski definition) is 0. The highest BCUT2D eigenvalue weighted by molar-refractivity contribution is 5.90. The van der Waals surface area contributed by atoms with E-state index in [9.17, 15) is 18.0 Å². The van der Waals surface area contributed by atoms with E-state index >= 15 is 0 Å². The normalized spacial score (nSPS) is 15.4. The summed E-state index contributed by atoms with van der Waals surface area (Å²) in [6.45, 7) is 1.77. The van der Waals surface area contributed by atoms with Crippen LogP contribution in [-0.4, -0.2) is 63.7 Å². The summed E-state index contributed by atoms with van der Waals surface area (Å²) in [6.07, 6.45) is -4.76. The van der Waals surface area contributed by atoms with Gasteiger partial charge in [-0.3, -0.25) is 4.79 Å². The molecule has 0 saturated carbocycles. The highest BCUT2D eigenvalue weighted by atomic mass is 19.4. The molecule has 3 rings (SSSR count). The molecule has 0 aliphatic carbocycles. The lowest BCUT2D eigenvalue weighted by atomic mass is 10.3. The van der Waals surface area contributed by atoms with E-state index in [1.54, 1.807) is 4.90 Å². The Bertz CT molecular complexity index is 710. The number of carbonyl (C=O) groups excluding carboxylic acids is 1. The summed E-state index contributed by atoms with van der Waals surface area (Å²) in [7, 11) is 0. The van der Waals surface area contributed by atoms with Gasteiger partial charge in [0, 0.05) is 13.1 Å². The molecule has 2 aromatic rings. The molecule has 1 aromatic heterocycles. The van der Waals surface area contributed by atoms with Crippen LogP contribution in [-0.2, 0) is 4.74 Å². The van der Waals surface area contributed by atoms with E-state index in [2.05, 4.69) is 20.1 Å². The van der Waals surface area contributed by atoms with Gasteiger partial charge in [-0.25, -0.2) is 0 Å². The SMILES string of the molecule is O=C(c1nnn(-c2ccc(OC(F)(F)F)cc2)n1)N1CCOCC1. The highest BCUT2D eigenvalue weighted by Gasteiger charge is 2.31. The van der Waals surface area contributed by atoms with Crippen LogP contribution in [0.25, 0.3) is 5.69 Å². The second-order valence-corrected chi connectivity index (χ2v) is 4.85. The number of morpholine rings is 1. The number of carbonyl (C=O) groups is 1. The Morgan fingerprint density at radius 1 is 1.17 bits per heavy atom. The Hall–Kier alpha value is -2.69. The molecule has 0 atom stereocenters. The van der Waals surface area contributed by atoms with E-state index in [0.29, 0.717) is 32.0 Å². The van der Waals surface area contributed by atoms with E-state index in [1.807, 2.05) is 0 Å². The third-order valence-corrected chi connectivity index (χ3v) is 3.20. The fourth-order valence-electron chi connectivity index (χ4n) is 2.10. The summed E-state index contributed by atoms with van der Waals surface area (Å²) in [5, 5.41) is 11.4. The fraction of sp³-hybridized carbons (Fsp3) is 0.385. The average Bonchev–Trinajstić information content (AvgIpc) is 3.04. The molecule has 128 valence electrons. The molecule has 24 heavy (non-hydrogen) atoms. The lowest BCUT2D eigenvalue weighted by molar-refractivity contribution is -0.274. The van der Waals surface area contributed by atoms with Crippen molar-refractivity contribution >= 4 is 5.91 Å². The smallest absolute Gasteiger partial charge is 0.406 e. The minimum atomic E-state index is -4.76. The Balaban J connectivity index is 1.72. The summed E-state index contributed by atoms with van der Waals surface area (Å²) in [5.74, 6) is -0.829. The maximum Gasteiger partial charge on any atom is 0.573 e. The first kappa shape index (κ1) is 16.2. The second-order valence-electron chi connectivity index (χ2n) is 4.85. The molecule has 1 aliphatic rings. The van der Waals surface area contributed by atoms with E-state index in [-0.39, 0.29) is 17.5 Å². The number of tetrazole rings is 1. The van der Waals surface area contributed by atoms with Crippen molar-refractivity contribution in [2.75, 3.05) is 26.3 Å². The molecule has 1 aromatic carbocycles. The predicted octanol–water partition coefficient (Wildman–Crippen LogP) is 1.03. The zero-order valence-electron chi connectivity index (χ0n) is 12.2. The van der Waals surface area contributed by atoms with Crippen LogP contribution in [0.15, 0.2) is 24.3 Å². The van der Waals surface area contributed by atoms with Crippen molar-refractivity contribution in [2.24, 2.45) is 0 Å². The van der Waals surface area contributed by atoms with Crippen LogP contribution in [0.2, 0.25) is 0 Å². The molecule has 8 nitrogen and oxygen atoms in total. The largest absolute Gasteiger partial charge is 0.573 e. The first-order chi connectivity index (χ1) is 11.4. The Morgan fingerprint density at radius 3 is 2.46 bits per heavy atom. The van der Waals surface area contributed by atoms with Gasteiger partial charge in [-0.15, -0.1) is 28.2 Å². The number of rotatable bonds is 3. The lowest BCUT2D eigenvalue weighted by Crippen LogP contribution is -2.41. The van der Waals surface area contributed by atoms with Gasteiger partial charge in [-0.05, 0) is 29.5 Å². The molecular weight excluding hydrogens is 331 g/mol. The van der Waals surface area contributed by atoms with Gasteiger partial charge in [-0.2, -0.15) is 0 Å². The van der Waals surface area contributed by atoms with Crippen LogP contribution in [0.5, 0.6) is 5.75 Å². The van der Waals surface area contributed by atoms with Crippen molar-refractivity contribution in [1.82, 2.24) is 25.1 Å². The van der Waals surface area contributed by atoms with Crippen molar-refractivity contribution in [3.05, 3.63) is 30.1 Å². The molecule has 0 unspecified atom stereocenters. The molecule has 1 amide bonds. The zero-order valence-corrected chi connectivity index (χ0v) is 12.2. The highest BCUT2D eigenvalue weighted by Crippen LogP contribution is 2.23. The molecule has 0 radical (unpaired) electrons. The summed E-state index contributed by atoms with van der Waals surface area (Å²) in [5.41, 5.74) is 0.345. The average molecular weight is 343 g/mol. The summed E-state index contributed by atoms with van der Waals surface area (Å²) >= 11 is 0. The quantitative estimate of drug-likeness (QED) is 0.828. The summed E-state index contributed by atoms with van der Waals surface area (Å²) < 4.78 is 45.3. The van der Waals surface area contributed by atoms with Crippen LogP contribution in [0.4, 0.5) is 13.2 Å². The van der Waals surface area contributed by atoms with Gasteiger partial charge in [0.15, 0.2) is 0 Å². The minimum Gasteiger partial charge on any atom is -0.406 e. The van der Waals surface area contributed by atoms with Gasteiger partial charge < -0.3 is 14.4 Å². The van der Waals surface area contributed by atoms with Gasteiger partial charge in [0.25, 0.3) is 11.7 Å². The molecule has 2 heterocycles. The van der Waals surface area contributed by atoms with E-state index in [0.717, 1.165) is 16.9 Å². The van der Waals surface area contributed by atoms with E-state index in [4.69, 9.17) is 4.74 Å². The molecule has 0 bridgehead atoms. The molecule has 11 heteroatoms. The maximum atomic E-state index is 12.2. The van der Waals surface area contributed by atoms with Gasteiger partial charge in [0.2, 0.25) is 0 Å². The van der Waals surface area contributed by atoms with Crippen LogP contribution < -0.4 is 4.74 Å². The predicted molar refractivity (Wildman–Crippen MR) is 72.6 cm³/mol. The lowest BCUT2D eigenvalue weighted by Gasteiger charge is -2.25. The van der Waals surface area contributed by atoms with Crippen LogP contribution >= 0.6 is 0 Å². The van der Waals surface area contributed by atoms with Crippen molar-refractivity contribution in [1.29, 1.82) is 0 Å². The molecule has 1 aliphatic heterocycles. The number of alkyl halides is 3. The van der Waals surface area contributed by atoms with Crippen LogP contribution in [0.3, 0.4) is 0 Å². The van der Waals surface area contributed by atoms with E-state index < -0.39 is 6.36 Å². The molecule has 1 saturated heterocycles. The number of nitrogens with zero attached hydrogens (tertiary/aromatic N) is 5. The second kappa shape index (κ2) is 6.43. The van der Waals surface area contributed by atoms with Crippen molar-refractivity contribution in [3.63, 3.8) is 0 Å². The third kappa shape index (κ3) is 3.79.